The quantitative estimate of drug-likeness (QED) is 0.393. The normalized spacial score (nSPS) is 20.4. The van der Waals surface area contributed by atoms with Gasteiger partial charge in [-0.25, -0.2) is 0 Å². The van der Waals surface area contributed by atoms with Crippen molar-refractivity contribution in [3.8, 4) is 0 Å². The molecule has 2 aromatic carbocycles. The largest absolute Gasteiger partial charge is 1.00 e. The Labute approximate surface area is 256 Å². The van der Waals surface area contributed by atoms with E-state index in [-0.39, 0.29) is 46.5 Å². The summed E-state index contributed by atoms with van der Waals surface area (Å²) in [4.78, 5) is 0. The van der Waals surface area contributed by atoms with E-state index >= 15 is 0 Å². The predicted octanol–water partition coefficient (Wildman–Crippen LogP) is 4.72. The molecule has 1 aliphatic heterocycles. The van der Waals surface area contributed by atoms with Crippen molar-refractivity contribution >= 4 is 12.2 Å². The molecule has 2 aliphatic carbocycles. The topological polar surface area (TPSA) is 0 Å². The summed E-state index contributed by atoms with van der Waals surface area (Å²) in [5, 5.41) is 0. The van der Waals surface area contributed by atoms with E-state index in [1.807, 2.05) is 0 Å². The van der Waals surface area contributed by atoms with E-state index in [0.717, 1.165) is 0 Å². The molecule has 0 nitrogen and oxygen atoms in total. The van der Waals surface area contributed by atoms with Gasteiger partial charge in [0, 0.05) is 0 Å². The van der Waals surface area contributed by atoms with Gasteiger partial charge in [0.2, 0.25) is 0 Å². The second kappa shape index (κ2) is 10.3. The number of allylic oxidation sites excluding steroid dienone is 2. The van der Waals surface area contributed by atoms with Gasteiger partial charge in [-0.15, -0.1) is 0 Å². The van der Waals surface area contributed by atoms with Crippen molar-refractivity contribution in [3.63, 3.8) is 0 Å². The number of benzene rings is 2. The zero-order chi connectivity index (χ0) is 27.3. The van der Waals surface area contributed by atoms with Crippen molar-refractivity contribution in [3.05, 3.63) is 80.9 Å². The molecule has 0 amide bonds. The van der Waals surface area contributed by atoms with Gasteiger partial charge in [0.25, 0.3) is 0 Å². The minimum Gasteiger partial charge on any atom is -1.00 e. The molecule has 3 aliphatic rings. The molecule has 3 heteroatoms. The smallest absolute Gasteiger partial charge is 1.00 e. The van der Waals surface area contributed by atoms with Crippen LogP contribution in [0.15, 0.2) is 36.4 Å². The van der Waals surface area contributed by atoms with Crippen molar-refractivity contribution < 1.29 is 44.8 Å². The number of halogens is 2. The van der Waals surface area contributed by atoms with E-state index in [2.05, 4.69) is 132 Å². The first-order chi connectivity index (χ1) is 16.9. The summed E-state index contributed by atoms with van der Waals surface area (Å²) in [6.45, 7) is 28.8. The number of hydrogen-bond donors (Lipinski definition) is 0. The van der Waals surface area contributed by atoms with Gasteiger partial charge in [-0.2, -0.15) is 0 Å². The average Bonchev–Trinajstić information content (AvgIpc) is 3.21. The maximum Gasteiger partial charge on any atom is -1.00 e. The summed E-state index contributed by atoms with van der Waals surface area (Å²) >= 11 is -2.80. The summed E-state index contributed by atoms with van der Waals surface area (Å²) in [5.41, 5.74) is 13.5. The van der Waals surface area contributed by atoms with Gasteiger partial charge < -0.3 is 24.8 Å². The molecule has 0 saturated carbocycles. The summed E-state index contributed by atoms with van der Waals surface area (Å²) < 4.78 is 4.46. The van der Waals surface area contributed by atoms with Crippen LogP contribution in [0.2, 0.25) is 8.35 Å². The summed E-state index contributed by atoms with van der Waals surface area (Å²) in [7, 11) is 0. The van der Waals surface area contributed by atoms with E-state index in [1.54, 1.807) is 33.4 Å². The summed E-state index contributed by atoms with van der Waals surface area (Å²) in [6.07, 6.45) is 10.5. The van der Waals surface area contributed by atoms with Crippen molar-refractivity contribution in [2.24, 2.45) is 0 Å². The Balaban J connectivity index is 0.00000210. The Hall–Kier alpha value is -0.630. The van der Waals surface area contributed by atoms with Gasteiger partial charge in [-0.3, -0.25) is 0 Å². The van der Waals surface area contributed by atoms with Crippen LogP contribution >= 0.6 is 0 Å². The van der Waals surface area contributed by atoms with Crippen LogP contribution < -0.4 is 24.8 Å². The SMILES string of the molecule is CC(C)(C)c1ccc(C(C)(C)C)c2c1C=C[CH]2[Hf+2]1([CH]2C=Cc3c(C(C)(C)C)ccc(C(C)(C)C)c32)[CH2][CH2]1.[Cl-].[Cl-]. The molecule has 2 aromatic rings. The van der Waals surface area contributed by atoms with Gasteiger partial charge >= 0.3 is 233 Å². The standard InChI is InChI=1S/2C17H23.C2H4.2ClH.Hf/c2*1-16(2,3)14-10-11-15(17(4,5)6)13-9-7-8-12(13)14;1-2;;;/h2*7-11H,1-6H3;1-2H2;2*1H;/q;;;;;+2/p-2. The number of hydrogen-bond acceptors (Lipinski definition) is 0. The number of rotatable bonds is 2. The van der Waals surface area contributed by atoms with E-state index in [1.165, 1.54) is 19.5 Å². The molecule has 0 radical (unpaired) electrons. The minimum atomic E-state index is -2.80. The fraction of sp³-hybridized carbons (Fsp3) is 0.556. The molecule has 0 spiro atoms. The van der Waals surface area contributed by atoms with Gasteiger partial charge in [-0.05, 0) is 0 Å². The first kappa shape index (κ1) is 32.9. The molecule has 2 unspecified atom stereocenters. The van der Waals surface area contributed by atoms with Crippen LogP contribution in [-0.4, -0.2) is 0 Å². The molecule has 39 heavy (non-hydrogen) atoms. The van der Waals surface area contributed by atoms with Crippen LogP contribution in [0.3, 0.4) is 0 Å². The fourth-order valence-electron chi connectivity index (χ4n) is 7.41. The van der Waals surface area contributed by atoms with Crippen LogP contribution in [0.25, 0.3) is 12.2 Å². The number of fused-ring (bicyclic) bond motifs is 2. The second-order valence-electron chi connectivity index (χ2n) is 16.4. The maximum absolute atomic E-state index is 2.80. The van der Waals surface area contributed by atoms with Gasteiger partial charge in [0.15, 0.2) is 0 Å². The van der Waals surface area contributed by atoms with Crippen LogP contribution in [0.4, 0.5) is 0 Å². The first-order valence-corrected chi connectivity index (χ1v) is 23.8. The van der Waals surface area contributed by atoms with Crippen LogP contribution in [0.1, 0.15) is 135 Å². The molecule has 1 heterocycles. The molecule has 0 aromatic heterocycles. The van der Waals surface area contributed by atoms with E-state index in [0.29, 0.717) is 7.35 Å². The Morgan fingerprint density at radius 1 is 0.487 bits per heavy atom. The summed E-state index contributed by atoms with van der Waals surface area (Å²) in [6, 6.07) is 9.89. The maximum atomic E-state index is 2.69. The van der Waals surface area contributed by atoms with Gasteiger partial charge in [-0.1, -0.05) is 0 Å². The molecule has 0 bridgehead atoms. The third kappa shape index (κ3) is 5.48. The second-order valence-corrected chi connectivity index (χ2v) is 33.3. The molecular formula is C36H50Cl2Hf. The van der Waals surface area contributed by atoms with E-state index in [9.17, 15) is 0 Å². The Bertz CT molecular complexity index is 1210. The molecule has 5 rings (SSSR count). The van der Waals surface area contributed by atoms with Crippen LogP contribution in [-0.2, 0) is 41.6 Å². The van der Waals surface area contributed by atoms with Gasteiger partial charge in [0.1, 0.15) is 0 Å². The monoisotopic (exact) mass is 732 g/mol. The third-order valence-corrected chi connectivity index (χ3v) is 27.7. The van der Waals surface area contributed by atoms with Crippen molar-refractivity contribution in [1.29, 1.82) is 0 Å². The fourth-order valence-corrected chi connectivity index (χ4v) is 32.6. The molecule has 1 saturated heterocycles. The predicted molar refractivity (Wildman–Crippen MR) is 161 cm³/mol. The van der Waals surface area contributed by atoms with Crippen LogP contribution in [0, 0.1) is 0 Å². The molecule has 212 valence electrons. The molecule has 0 N–H and O–H groups in total. The van der Waals surface area contributed by atoms with Gasteiger partial charge in [0.05, 0.1) is 0 Å². The van der Waals surface area contributed by atoms with E-state index in [4.69, 9.17) is 0 Å². The molecule has 1 fully saturated rings. The Kier molecular flexibility index (Phi) is 8.66. The Morgan fingerprint density at radius 2 is 0.769 bits per heavy atom. The van der Waals surface area contributed by atoms with E-state index < -0.39 is 20.0 Å². The van der Waals surface area contributed by atoms with Crippen molar-refractivity contribution in [2.75, 3.05) is 0 Å². The zero-order valence-electron chi connectivity index (χ0n) is 26.4. The average molecular weight is 732 g/mol. The van der Waals surface area contributed by atoms with Crippen molar-refractivity contribution in [1.82, 2.24) is 0 Å². The molecule has 2 atom stereocenters. The van der Waals surface area contributed by atoms with Crippen LogP contribution in [0.5, 0.6) is 0 Å². The Morgan fingerprint density at radius 3 is 1.03 bits per heavy atom. The third-order valence-electron chi connectivity index (χ3n) is 9.41. The summed E-state index contributed by atoms with van der Waals surface area (Å²) in [5.74, 6) is 0. The zero-order valence-corrected chi connectivity index (χ0v) is 31.5. The molecular weight excluding hydrogens is 682 g/mol. The first-order valence-electron chi connectivity index (χ1n) is 14.6. The van der Waals surface area contributed by atoms with Crippen molar-refractivity contribution in [2.45, 2.75) is 120 Å². The minimum absolute atomic E-state index is 0.